The molecule has 0 aliphatic heterocycles. The summed E-state index contributed by atoms with van der Waals surface area (Å²) in [5.74, 6) is 0.706. The lowest BCUT2D eigenvalue weighted by Gasteiger charge is -2.06. The number of anilines is 1. The van der Waals surface area contributed by atoms with Crippen LogP contribution in [0.25, 0.3) is 10.2 Å². The van der Waals surface area contributed by atoms with E-state index in [4.69, 9.17) is 10.5 Å². The zero-order chi connectivity index (χ0) is 13.2. The van der Waals surface area contributed by atoms with Gasteiger partial charge in [-0.15, -0.1) is 11.3 Å². The molecule has 0 saturated heterocycles. The van der Waals surface area contributed by atoms with Crippen molar-refractivity contribution in [2.75, 3.05) is 5.73 Å². The molecule has 0 fully saturated rings. The molecular formula is C15H14N2OS. The van der Waals surface area contributed by atoms with Crippen LogP contribution in [0.5, 0.6) is 5.75 Å². The lowest BCUT2D eigenvalue weighted by molar-refractivity contribution is 0.307. The summed E-state index contributed by atoms with van der Waals surface area (Å²) in [5, 5.41) is 0.962. The lowest BCUT2D eigenvalue weighted by Crippen LogP contribution is -1.97. The minimum Gasteiger partial charge on any atom is -0.484 e. The maximum atomic E-state index is 5.84. The van der Waals surface area contributed by atoms with Crippen molar-refractivity contribution in [1.82, 2.24) is 4.98 Å². The van der Waals surface area contributed by atoms with Crippen LogP contribution in [0.3, 0.4) is 0 Å². The van der Waals surface area contributed by atoms with Crippen LogP contribution in [0.1, 0.15) is 10.6 Å². The minimum atomic E-state index is 0.451. The third-order valence-electron chi connectivity index (χ3n) is 2.86. The van der Waals surface area contributed by atoms with Gasteiger partial charge in [0, 0.05) is 0 Å². The molecule has 0 atom stereocenters. The average Bonchev–Trinajstić information content (AvgIpc) is 2.79. The van der Waals surface area contributed by atoms with Gasteiger partial charge >= 0.3 is 0 Å². The first-order valence-electron chi connectivity index (χ1n) is 6.06. The fourth-order valence-corrected chi connectivity index (χ4v) is 2.87. The Hall–Kier alpha value is -2.07. The summed E-state index contributed by atoms with van der Waals surface area (Å²) in [6, 6.07) is 13.8. The Kier molecular flexibility index (Phi) is 3.09. The number of hydrogen-bond acceptors (Lipinski definition) is 4. The van der Waals surface area contributed by atoms with Gasteiger partial charge in [0.15, 0.2) is 0 Å². The highest BCUT2D eigenvalue weighted by molar-refractivity contribution is 7.18. The molecule has 96 valence electrons. The van der Waals surface area contributed by atoms with Gasteiger partial charge in [0.05, 0.1) is 15.9 Å². The van der Waals surface area contributed by atoms with Crippen LogP contribution in [0, 0.1) is 6.92 Å². The maximum Gasteiger partial charge on any atom is 0.142 e. The van der Waals surface area contributed by atoms with E-state index in [9.17, 15) is 0 Å². The van der Waals surface area contributed by atoms with E-state index < -0.39 is 0 Å². The van der Waals surface area contributed by atoms with Crippen LogP contribution in [0.15, 0.2) is 42.5 Å². The van der Waals surface area contributed by atoms with Crippen molar-refractivity contribution < 1.29 is 4.74 Å². The predicted molar refractivity (Wildman–Crippen MR) is 79.5 cm³/mol. The summed E-state index contributed by atoms with van der Waals surface area (Å²) < 4.78 is 6.90. The molecular weight excluding hydrogens is 256 g/mol. The van der Waals surface area contributed by atoms with Gasteiger partial charge in [-0.3, -0.25) is 0 Å². The second kappa shape index (κ2) is 4.90. The molecule has 0 aliphatic carbocycles. The number of nitrogens with two attached hydrogens (primary N) is 1. The zero-order valence-corrected chi connectivity index (χ0v) is 11.4. The number of hydrogen-bond donors (Lipinski definition) is 1. The molecule has 1 heterocycles. The number of aryl methyl sites for hydroxylation is 1. The SMILES string of the molecule is Cc1ccc2nc(COc3ccccc3N)sc2c1. The van der Waals surface area contributed by atoms with E-state index in [1.165, 1.54) is 10.3 Å². The molecule has 19 heavy (non-hydrogen) atoms. The molecule has 2 aromatic carbocycles. The first-order valence-corrected chi connectivity index (χ1v) is 6.87. The number of nitrogen functional groups attached to an aromatic ring is 1. The number of fused-ring (bicyclic) bond motifs is 1. The second-order valence-electron chi connectivity index (χ2n) is 4.41. The van der Waals surface area contributed by atoms with Crippen LogP contribution in [0.4, 0.5) is 5.69 Å². The molecule has 1 aromatic heterocycles. The monoisotopic (exact) mass is 270 g/mol. The van der Waals surface area contributed by atoms with E-state index in [0.29, 0.717) is 18.0 Å². The molecule has 3 nitrogen and oxygen atoms in total. The highest BCUT2D eigenvalue weighted by Crippen LogP contribution is 2.26. The summed E-state index contributed by atoms with van der Waals surface area (Å²) in [6.07, 6.45) is 0. The largest absolute Gasteiger partial charge is 0.484 e. The Morgan fingerprint density at radius 1 is 1.21 bits per heavy atom. The van der Waals surface area contributed by atoms with Crippen LogP contribution in [-0.4, -0.2) is 4.98 Å². The van der Waals surface area contributed by atoms with Crippen molar-refractivity contribution in [3.8, 4) is 5.75 Å². The van der Waals surface area contributed by atoms with Gasteiger partial charge in [-0.25, -0.2) is 4.98 Å². The van der Waals surface area contributed by atoms with E-state index in [0.717, 1.165) is 10.5 Å². The topological polar surface area (TPSA) is 48.1 Å². The molecule has 0 unspecified atom stereocenters. The van der Waals surface area contributed by atoms with Gasteiger partial charge in [-0.2, -0.15) is 0 Å². The summed E-state index contributed by atoms with van der Waals surface area (Å²) in [5.41, 5.74) is 8.76. The first-order chi connectivity index (χ1) is 9.22. The van der Waals surface area contributed by atoms with E-state index in [2.05, 4.69) is 24.0 Å². The zero-order valence-electron chi connectivity index (χ0n) is 10.6. The number of aromatic nitrogens is 1. The summed E-state index contributed by atoms with van der Waals surface area (Å²) in [6.45, 7) is 2.53. The molecule has 0 spiro atoms. The van der Waals surface area contributed by atoms with Gasteiger partial charge in [-0.1, -0.05) is 18.2 Å². The Labute approximate surface area is 115 Å². The molecule has 0 aliphatic rings. The molecule has 4 heteroatoms. The van der Waals surface area contributed by atoms with Gasteiger partial charge < -0.3 is 10.5 Å². The molecule has 3 rings (SSSR count). The minimum absolute atomic E-state index is 0.451. The third kappa shape index (κ3) is 2.53. The number of thiazole rings is 1. The molecule has 0 saturated carbocycles. The first kappa shape index (κ1) is 12.0. The Morgan fingerprint density at radius 2 is 2.05 bits per heavy atom. The standard InChI is InChI=1S/C15H14N2OS/c1-10-6-7-12-14(8-10)19-15(17-12)9-18-13-5-3-2-4-11(13)16/h2-8H,9,16H2,1H3. The van der Waals surface area contributed by atoms with Crippen molar-refractivity contribution in [1.29, 1.82) is 0 Å². The normalized spacial score (nSPS) is 10.8. The average molecular weight is 270 g/mol. The fraction of sp³-hybridized carbons (Fsp3) is 0.133. The van der Waals surface area contributed by atoms with Crippen molar-refractivity contribution in [2.45, 2.75) is 13.5 Å². The highest BCUT2D eigenvalue weighted by atomic mass is 32.1. The number of para-hydroxylation sites is 2. The van der Waals surface area contributed by atoms with E-state index in [1.807, 2.05) is 30.3 Å². The lowest BCUT2D eigenvalue weighted by atomic mass is 10.2. The quantitative estimate of drug-likeness (QED) is 0.737. The fourth-order valence-electron chi connectivity index (χ4n) is 1.89. The van der Waals surface area contributed by atoms with Gasteiger partial charge in [0.2, 0.25) is 0 Å². The van der Waals surface area contributed by atoms with E-state index in [-0.39, 0.29) is 0 Å². The van der Waals surface area contributed by atoms with E-state index in [1.54, 1.807) is 11.3 Å². The van der Waals surface area contributed by atoms with Crippen molar-refractivity contribution in [3.63, 3.8) is 0 Å². The van der Waals surface area contributed by atoms with E-state index >= 15 is 0 Å². The molecule has 0 bridgehead atoms. The van der Waals surface area contributed by atoms with Crippen LogP contribution in [-0.2, 0) is 6.61 Å². The van der Waals surface area contributed by atoms with Gasteiger partial charge in [0.25, 0.3) is 0 Å². The number of ether oxygens (including phenoxy) is 1. The number of benzene rings is 2. The second-order valence-corrected chi connectivity index (χ2v) is 5.52. The molecule has 3 aromatic rings. The van der Waals surface area contributed by atoms with Gasteiger partial charge in [-0.05, 0) is 36.8 Å². The number of rotatable bonds is 3. The Bertz CT molecular complexity index is 721. The molecule has 0 radical (unpaired) electrons. The van der Waals surface area contributed by atoms with Gasteiger partial charge in [0.1, 0.15) is 17.4 Å². The van der Waals surface area contributed by atoms with Crippen molar-refractivity contribution >= 4 is 27.2 Å². The summed E-state index contributed by atoms with van der Waals surface area (Å²) in [7, 11) is 0. The summed E-state index contributed by atoms with van der Waals surface area (Å²) in [4.78, 5) is 4.55. The predicted octanol–water partition coefficient (Wildman–Crippen LogP) is 3.77. The maximum absolute atomic E-state index is 5.84. The smallest absolute Gasteiger partial charge is 0.142 e. The van der Waals surface area contributed by atoms with Crippen LogP contribution < -0.4 is 10.5 Å². The Balaban J connectivity index is 1.80. The Morgan fingerprint density at radius 3 is 2.89 bits per heavy atom. The third-order valence-corrected chi connectivity index (χ3v) is 3.85. The molecule has 0 amide bonds. The van der Waals surface area contributed by atoms with Crippen LogP contribution in [0.2, 0.25) is 0 Å². The van der Waals surface area contributed by atoms with Crippen molar-refractivity contribution in [2.24, 2.45) is 0 Å². The molecule has 2 N–H and O–H groups in total. The number of nitrogens with zero attached hydrogens (tertiary/aromatic N) is 1. The highest BCUT2D eigenvalue weighted by Gasteiger charge is 2.05. The van der Waals surface area contributed by atoms with Crippen LogP contribution >= 0.6 is 11.3 Å². The van der Waals surface area contributed by atoms with Crippen molar-refractivity contribution in [3.05, 3.63) is 53.0 Å². The summed E-state index contributed by atoms with van der Waals surface area (Å²) >= 11 is 1.66.